The molecular formula is C9H20N2O. The summed E-state index contributed by atoms with van der Waals surface area (Å²) in [6, 6.07) is 0.561. The Labute approximate surface area is 74.9 Å². The Hall–Kier alpha value is -0.120. The summed E-state index contributed by atoms with van der Waals surface area (Å²) in [6.07, 6.45) is 0.990. The van der Waals surface area contributed by atoms with Crippen LogP contribution in [0.4, 0.5) is 0 Å². The molecule has 0 aromatic carbocycles. The highest BCUT2D eigenvalue weighted by molar-refractivity contribution is 4.90. The van der Waals surface area contributed by atoms with E-state index in [1.165, 1.54) is 0 Å². The molecule has 1 saturated heterocycles. The van der Waals surface area contributed by atoms with Gasteiger partial charge in [0.05, 0.1) is 12.1 Å². The van der Waals surface area contributed by atoms with Gasteiger partial charge in [-0.05, 0) is 27.3 Å². The minimum Gasteiger partial charge on any atom is -0.379 e. The Balaban J connectivity index is 2.38. The van der Waals surface area contributed by atoms with E-state index in [0.717, 1.165) is 19.6 Å². The molecule has 0 spiro atoms. The van der Waals surface area contributed by atoms with Crippen molar-refractivity contribution >= 4 is 0 Å². The van der Waals surface area contributed by atoms with Crippen molar-refractivity contribution in [2.24, 2.45) is 5.73 Å². The van der Waals surface area contributed by atoms with Gasteiger partial charge >= 0.3 is 0 Å². The van der Waals surface area contributed by atoms with Crippen molar-refractivity contribution in [3.8, 4) is 0 Å². The fourth-order valence-electron chi connectivity index (χ4n) is 1.43. The molecule has 1 atom stereocenters. The highest BCUT2D eigenvalue weighted by Gasteiger charge is 2.31. The zero-order chi connectivity index (χ0) is 9.19. The van der Waals surface area contributed by atoms with Crippen LogP contribution in [0.1, 0.15) is 20.3 Å². The highest BCUT2D eigenvalue weighted by Crippen LogP contribution is 2.16. The molecule has 2 N–H and O–H groups in total. The predicted octanol–water partition coefficient (Wildman–Crippen LogP) is 0.444. The van der Waals surface area contributed by atoms with Gasteiger partial charge in [-0.15, -0.1) is 0 Å². The summed E-state index contributed by atoms with van der Waals surface area (Å²) in [5.41, 5.74) is 6.03. The van der Waals surface area contributed by atoms with Crippen LogP contribution >= 0.6 is 0 Å². The molecule has 1 rings (SSSR count). The van der Waals surface area contributed by atoms with E-state index in [0.29, 0.717) is 12.6 Å². The summed E-state index contributed by atoms with van der Waals surface area (Å²) >= 11 is 0. The fraction of sp³-hybridized carbons (Fsp3) is 1.00. The van der Waals surface area contributed by atoms with Crippen molar-refractivity contribution in [2.45, 2.75) is 31.8 Å². The number of nitrogens with zero attached hydrogens (tertiary/aromatic N) is 1. The van der Waals surface area contributed by atoms with Crippen molar-refractivity contribution < 1.29 is 4.74 Å². The fourth-order valence-corrected chi connectivity index (χ4v) is 1.43. The lowest BCUT2D eigenvalue weighted by Crippen LogP contribution is -2.51. The molecule has 0 amide bonds. The molecular weight excluding hydrogens is 152 g/mol. The summed E-state index contributed by atoms with van der Waals surface area (Å²) in [7, 11) is 2.11. The number of nitrogens with two attached hydrogens (primary N) is 1. The van der Waals surface area contributed by atoms with Gasteiger partial charge in [0.2, 0.25) is 0 Å². The third-order valence-electron chi connectivity index (χ3n) is 2.58. The van der Waals surface area contributed by atoms with E-state index in [1.807, 2.05) is 0 Å². The van der Waals surface area contributed by atoms with Crippen LogP contribution in [0.2, 0.25) is 0 Å². The normalized spacial score (nSPS) is 30.5. The molecule has 1 unspecified atom stereocenters. The Morgan fingerprint density at radius 1 is 1.58 bits per heavy atom. The minimum atomic E-state index is -0.0982. The predicted molar refractivity (Wildman–Crippen MR) is 50.1 cm³/mol. The molecule has 1 fully saturated rings. The summed E-state index contributed by atoms with van der Waals surface area (Å²) in [6.45, 7) is 6.83. The van der Waals surface area contributed by atoms with Crippen molar-refractivity contribution in [1.29, 1.82) is 0 Å². The zero-order valence-corrected chi connectivity index (χ0v) is 8.34. The highest BCUT2D eigenvalue weighted by atomic mass is 16.5. The Morgan fingerprint density at radius 3 is 2.67 bits per heavy atom. The van der Waals surface area contributed by atoms with E-state index in [2.05, 4.69) is 25.8 Å². The average molecular weight is 172 g/mol. The third-order valence-corrected chi connectivity index (χ3v) is 2.58. The quantitative estimate of drug-likeness (QED) is 0.671. The second-order valence-electron chi connectivity index (χ2n) is 4.17. The van der Waals surface area contributed by atoms with E-state index < -0.39 is 0 Å². The van der Waals surface area contributed by atoms with Gasteiger partial charge in [-0.3, -0.25) is 0 Å². The number of rotatable bonds is 3. The molecule has 0 bridgehead atoms. The minimum absolute atomic E-state index is 0.0982. The monoisotopic (exact) mass is 172 g/mol. The van der Waals surface area contributed by atoms with E-state index in [4.69, 9.17) is 10.5 Å². The van der Waals surface area contributed by atoms with Crippen LogP contribution < -0.4 is 5.73 Å². The lowest BCUT2D eigenvalue weighted by atomic mass is 9.99. The van der Waals surface area contributed by atoms with Crippen LogP contribution in [-0.4, -0.2) is 43.3 Å². The van der Waals surface area contributed by atoms with Crippen LogP contribution in [-0.2, 0) is 4.74 Å². The third kappa shape index (κ3) is 2.44. The lowest BCUT2D eigenvalue weighted by Gasteiger charge is -2.30. The molecule has 3 nitrogen and oxygen atoms in total. The first kappa shape index (κ1) is 9.96. The first-order valence-electron chi connectivity index (χ1n) is 4.60. The van der Waals surface area contributed by atoms with Gasteiger partial charge in [0.25, 0.3) is 0 Å². The van der Waals surface area contributed by atoms with Gasteiger partial charge in [0.1, 0.15) is 0 Å². The molecule has 1 aliphatic heterocycles. The van der Waals surface area contributed by atoms with Crippen molar-refractivity contribution in [3.05, 3.63) is 0 Å². The van der Waals surface area contributed by atoms with Crippen molar-refractivity contribution in [1.82, 2.24) is 4.90 Å². The van der Waals surface area contributed by atoms with Gasteiger partial charge in [-0.2, -0.15) is 0 Å². The van der Waals surface area contributed by atoms with Crippen LogP contribution in [0.3, 0.4) is 0 Å². The average Bonchev–Trinajstić information content (AvgIpc) is 2.35. The summed E-state index contributed by atoms with van der Waals surface area (Å²) in [4.78, 5) is 2.27. The van der Waals surface area contributed by atoms with Crippen molar-refractivity contribution in [2.75, 3.05) is 26.8 Å². The van der Waals surface area contributed by atoms with Crippen LogP contribution in [0.5, 0.6) is 0 Å². The Kier molecular flexibility index (Phi) is 3.09. The van der Waals surface area contributed by atoms with Crippen LogP contribution in [0.15, 0.2) is 0 Å². The second kappa shape index (κ2) is 3.73. The summed E-state index contributed by atoms with van der Waals surface area (Å²) in [5, 5.41) is 0. The van der Waals surface area contributed by atoms with Gasteiger partial charge in [0, 0.05) is 19.2 Å². The first-order chi connectivity index (χ1) is 5.53. The van der Waals surface area contributed by atoms with Gasteiger partial charge in [-0.1, -0.05) is 0 Å². The summed E-state index contributed by atoms with van der Waals surface area (Å²) in [5.74, 6) is 0. The van der Waals surface area contributed by atoms with Crippen LogP contribution in [0, 0.1) is 0 Å². The van der Waals surface area contributed by atoms with E-state index >= 15 is 0 Å². The van der Waals surface area contributed by atoms with Gasteiger partial charge in [0.15, 0.2) is 0 Å². The zero-order valence-electron chi connectivity index (χ0n) is 8.34. The largest absolute Gasteiger partial charge is 0.379 e. The first-order valence-corrected chi connectivity index (χ1v) is 4.60. The van der Waals surface area contributed by atoms with E-state index in [1.54, 1.807) is 0 Å². The topological polar surface area (TPSA) is 38.5 Å². The maximum atomic E-state index is 6.13. The van der Waals surface area contributed by atoms with E-state index in [9.17, 15) is 0 Å². The molecule has 0 saturated carbocycles. The molecule has 0 aromatic rings. The molecule has 1 aliphatic rings. The molecule has 0 aromatic heterocycles. The molecule has 3 heteroatoms. The molecule has 1 heterocycles. The van der Waals surface area contributed by atoms with Gasteiger partial charge < -0.3 is 15.4 Å². The Bertz CT molecular complexity index is 141. The molecule has 0 radical (unpaired) electrons. The number of hydrogen-bond acceptors (Lipinski definition) is 3. The smallest absolute Gasteiger partial charge is 0.0659 e. The van der Waals surface area contributed by atoms with Gasteiger partial charge in [-0.25, -0.2) is 0 Å². The molecule has 72 valence electrons. The number of ether oxygens (including phenoxy) is 1. The Morgan fingerprint density at radius 2 is 2.25 bits per heavy atom. The van der Waals surface area contributed by atoms with E-state index in [-0.39, 0.29) is 5.54 Å². The lowest BCUT2D eigenvalue weighted by molar-refractivity contribution is 0.152. The number of hydrogen-bond donors (Lipinski definition) is 1. The molecule has 12 heavy (non-hydrogen) atoms. The number of likely N-dealkylation sites (N-methyl/N-ethyl adjacent to an activating group) is 1. The maximum Gasteiger partial charge on any atom is 0.0659 e. The maximum absolute atomic E-state index is 6.13. The molecule has 0 aliphatic carbocycles. The SMILES string of the molecule is CC(C)N(C)CC1(N)CCOC1. The summed E-state index contributed by atoms with van der Waals surface area (Å²) < 4.78 is 5.29. The standard InChI is InChI=1S/C9H20N2O/c1-8(2)11(3)6-9(10)4-5-12-7-9/h8H,4-7,10H2,1-3H3. The van der Waals surface area contributed by atoms with Crippen LogP contribution in [0.25, 0.3) is 0 Å². The van der Waals surface area contributed by atoms with Crippen molar-refractivity contribution in [3.63, 3.8) is 0 Å². The second-order valence-corrected chi connectivity index (χ2v) is 4.17.